The van der Waals surface area contributed by atoms with Crippen LogP contribution in [0.4, 0.5) is 21.6 Å². The highest BCUT2D eigenvalue weighted by atomic mass is 19.1. The third kappa shape index (κ3) is 4.41. The lowest BCUT2D eigenvalue weighted by Gasteiger charge is -2.10. The third-order valence-corrected chi connectivity index (χ3v) is 3.76. The van der Waals surface area contributed by atoms with Crippen molar-refractivity contribution in [3.63, 3.8) is 0 Å². The summed E-state index contributed by atoms with van der Waals surface area (Å²) in [5.74, 6) is 0.0152. The molecule has 4 nitrogen and oxygen atoms in total. The van der Waals surface area contributed by atoms with E-state index >= 15 is 0 Å². The molecular weight excluding hydrogens is 317 g/mol. The first-order chi connectivity index (χ1) is 12.1. The number of benzene rings is 2. The predicted molar refractivity (Wildman–Crippen MR) is 97.4 cm³/mol. The SMILES string of the molecule is Cc1ccccc1Nc1ccc(NC(=O)Cc2ccccc2F)cn1. The van der Waals surface area contributed by atoms with E-state index in [9.17, 15) is 9.18 Å². The minimum absolute atomic E-state index is 0.0180. The van der Waals surface area contributed by atoms with Crippen LogP contribution in [0.25, 0.3) is 0 Å². The zero-order chi connectivity index (χ0) is 17.6. The van der Waals surface area contributed by atoms with Gasteiger partial charge in [0, 0.05) is 5.69 Å². The lowest BCUT2D eigenvalue weighted by atomic mass is 10.1. The summed E-state index contributed by atoms with van der Waals surface area (Å²) in [6.45, 7) is 2.01. The summed E-state index contributed by atoms with van der Waals surface area (Å²) in [5, 5.41) is 5.95. The number of carbonyl (C=O) groups is 1. The fourth-order valence-corrected chi connectivity index (χ4v) is 2.41. The second kappa shape index (κ2) is 7.57. The van der Waals surface area contributed by atoms with Crippen molar-refractivity contribution in [2.24, 2.45) is 0 Å². The summed E-state index contributed by atoms with van der Waals surface area (Å²) in [6.07, 6.45) is 1.55. The average molecular weight is 335 g/mol. The van der Waals surface area contributed by atoms with Crippen LogP contribution in [0.5, 0.6) is 0 Å². The largest absolute Gasteiger partial charge is 0.340 e. The molecule has 0 spiro atoms. The number of nitrogens with one attached hydrogen (secondary N) is 2. The Morgan fingerprint density at radius 3 is 2.52 bits per heavy atom. The summed E-state index contributed by atoms with van der Waals surface area (Å²) in [7, 11) is 0. The fourth-order valence-electron chi connectivity index (χ4n) is 2.41. The number of para-hydroxylation sites is 1. The Morgan fingerprint density at radius 2 is 1.80 bits per heavy atom. The molecule has 0 atom stereocenters. The van der Waals surface area contributed by atoms with Gasteiger partial charge >= 0.3 is 0 Å². The van der Waals surface area contributed by atoms with Crippen molar-refractivity contribution in [2.45, 2.75) is 13.3 Å². The van der Waals surface area contributed by atoms with E-state index in [1.54, 1.807) is 36.5 Å². The van der Waals surface area contributed by atoms with Crippen molar-refractivity contribution in [3.8, 4) is 0 Å². The number of carbonyl (C=O) groups excluding carboxylic acids is 1. The topological polar surface area (TPSA) is 54.0 Å². The molecule has 0 aliphatic rings. The summed E-state index contributed by atoms with van der Waals surface area (Å²) in [6, 6.07) is 17.7. The summed E-state index contributed by atoms with van der Waals surface area (Å²) in [5.41, 5.74) is 3.03. The number of anilines is 3. The van der Waals surface area contributed by atoms with Gasteiger partial charge in [0.25, 0.3) is 0 Å². The molecule has 3 aromatic rings. The minimum Gasteiger partial charge on any atom is -0.340 e. The second-order valence-corrected chi connectivity index (χ2v) is 5.69. The van der Waals surface area contributed by atoms with Crippen LogP contribution in [0.2, 0.25) is 0 Å². The van der Waals surface area contributed by atoms with Crippen molar-refractivity contribution < 1.29 is 9.18 Å². The predicted octanol–water partition coefficient (Wildman–Crippen LogP) is 4.45. The van der Waals surface area contributed by atoms with Gasteiger partial charge in [-0.05, 0) is 42.3 Å². The Balaban J connectivity index is 1.62. The molecule has 1 heterocycles. The van der Waals surface area contributed by atoms with Gasteiger partial charge in [-0.25, -0.2) is 9.37 Å². The van der Waals surface area contributed by atoms with Crippen LogP contribution in [0.3, 0.4) is 0 Å². The van der Waals surface area contributed by atoms with Gasteiger partial charge in [0.15, 0.2) is 0 Å². The highest BCUT2D eigenvalue weighted by Gasteiger charge is 2.08. The number of pyridine rings is 1. The third-order valence-electron chi connectivity index (χ3n) is 3.76. The van der Waals surface area contributed by atoms with E-state index in [0.717, 1.165) is 11.3 Å². The molecule has 1 aromatic heterocycles. The lowest BCUT2D eigenvalue weighted by molar-refractivity contribution is -0.115. The maximum atomic E-state index is 13.6. The van der Waals surface area contributed by atoms with E-state index in [-0.39, 0.29) is 18.1 Å². The monoisotopic (exact) mass is 335 g/mol. The Hall–Kier alpha value is -3.21. The van der Waals surface area contributed by atoms with Crippen molar-refractivity contribution in [1.82, 2.24) is 4.98 Å². The number of hydrogen-bond donors (Lipinski definition) is 2. The maximum Gasteiger partial charge on any atom is 0.228 e. The first-order valence-electron chi connectivity index (χ1n) is 7.94. The molecule has 0 unspecified atom stereocenters. The van der Waals surface area contributed by atoms with Crippen molar-refractivity contribution in [2.75, 3.05) is 10.6 Å². The highest BCUT2D eigenvalue weighted by molar-refractivity contribution is 5.92. The minimum atomic E-state index is -0.381. The summed E-state index contributed by atoms with van der Waals surface area (Å²) >= 11 is 0. The Morgan fingerprint density at radius 1 is 1.04 bits per heavy atom. The highest BCUT2D eigenvalue weighted by Crippen LogP contribution is 2.19. The molecule has 126 valence electrons. The number of aryl methyl sites for hydroxylation is 1. The van der Waals surface area contributed by atoms with E-state index < -0.39 is 0 Å². The average Bonchev–Trinajstić information content (AvgIpc) is 2.61. The molecule has 0 saturated heterocycles. The lowest BCUT2D eigenvalue weighted by Crippen LogP contribution is -2.15. The summed E-state index contributed by atoms with van der Waals surface area (Å²) in [4.78, 5) is 16.3. The zero-order valence-electron chi connectivity index (χ0n) is 13.8. The molecule has 0 fully saturated rings. The molecule has 25 heavy (non-hydrogen) atoms. The number of halogens is 1. The van der Waals surface area contributed by atoms with Crippen LogP contribution in [0.15, 0.2) is 66.9 Å². The molecule has 1 amide bonds. The first kappa shape index (κ1) is 16.6. The van der Waals surface area contributed by atoms with Gasteiger partial charge in [0.2, 0.25) is 5.91 Å². The van der Waals surface area contributed by atoms with Gasteiger partial charge in [-0.2, -0.15) is 0 Å². The summed E-state index contributed by atoms with van der Waals surface area (Å²) < 4.78 is 13.6. The van der Waals surface area contributed by atoms with Crippen LogP contribution in [0.1, 0.15) is 11.1 Å². The van der Waals surface area contributed by atoms with Crippen molar-refractivity contribution in [3.05, 3.63) is 83.8 Å². The molecule has 5 heteroatoms. The zero-order valence-corrected chi connectivity index (χ0v) is 13.8. The molecule has 0 bridgehead atoms. The Labute approximate surface area is 145 Å². The molecule has 2 aromatic carbocycles. The maximum absolute atomic E-state index is 13.6. The normalized spacial score (nSPS) is 10.3. The van der Waals surface area contributed by atoms with Crippen molar-refractivity contribution >= 4 is 23.1 Å². The number of hydrogen-bond acceptors (Lipinski definition) is 3. The van der Waals surface area contributed by atoms with Gasteiger partial charge in [-0.1, -0.05) is 36.4 Å². The molecule has 2 N–H and O–H groups in total. The second-order valence-electron chi connectivity index (χ2n) is 5.69. The van der Waals surface area contributed by atoms with Gasteiger partial charge in [-0.3, -0.25) is 4.79 Å². The Kier molecular flexibility index (Phi) is 5.04. The number of nitrogens with zero attached hydrogens (tertiary/aromatic N) is 1. The van der Waals surface area contributed by atoms with E-state index in [2.05, 4.69) is 15.6 Å². The van der Waals surface area contributed by atoms with E-state index in [0.29, 0.717) is 17.1 Å². The number of aromatic nitrogens is 1. The van der Waals surface area contributed by atoms with Crippen LogP contribution < -0.4 is 10.6 Å². The van der Waals surface area contributed by atoms with E-state index in [1.807, 2.05) is 31.2 Å². The van der Waals surface area contributed by atoms with Gasteiger partial charge in [0.05, 0.1) is 18.3 Å². The van der Waals surface area contributed by atoms with Crippen LogP contribution >= 0.6 is 0 Å². The van der Waals surface area contributed by atoms with Gasteiger partial charge in [0.1, 0.15) is 11.6 Å². The molecule has 0 saturated carbocycles. The smallest absolute Gasteiger partial charge is 0.228 e. The first-order valence-corrected chi connectivity index (χ1v) is 7.94. The fraction of sp³-hybridized carbons (Fsp3) is 0.100. The van der Waals surface area contributed by atoms with Crippen LogP contribution in [-0.2, 0) is 11.2 Å². The molecular formula is C20H18FN3O. The standard InChI is InChI=1S/C20H18FN3O/c1-14-6-2-5-9-18(14)24-19-11-10-16(13-22-19)23-20(25)12-15-7-3-4-8-17(15)21/h2-11,13H,12H2,1H3,(H,22,24)(H,23,25). The quantitative estimate of drug-likeness (QED) is 0.724. The van der Waals surface area contributed by atoms with Gasteiger partial charge in [-0.15, -0.1) is 0 Å². The van der Waals surface area contributed by atoms with Crippen LogP contribution in [-0.4, -0.2) is 10.9 Å². The molecule has 0 aliphatic heterocycles. The van der Waals surface area contributed by atoms with Gasteiger partial charge < -0.3 is 10.6 Å². The van der Waals surface area contributed by atoms with Crippen molar-refractivity contribution in [1.29, 1.82) is 0 Å². The van der Waals surface area contributed by atoms with Crippen LogP contribution in [0, 0.1) is 12.7 Å². The number of amides is 1. The number of rotatable bonds is 5. The van der Waals surface area contributed by atoms with E-state index in [1.165, 1.54) is 6.07 Å². The molecule has 0 radical (unpaired) electrons. The Bertz CT molecular complexity index is 878. The van der Waals surface area contributed by atoms with E-state index in [4.69, 9.17) is 0 Å². The molecule has 3 rings (SSSR count). The molecule has 0 aliphatic carbocycles.